The molecule has 1 aliphatic heterocycles. The second-order valence-electron chi connectivity index (χ2n) is 3.91. The first-order valence-corrected chi connectivity index (χ1v) is 12.9. The maximum absolute atomic E-state index is 5.86. The molecule has 8 heteroatoms. The second kappa shape index (κ2) is 7.12. The van der Waals surface area contributed by atoms with E-state index in [9.17, 15) is 0 Å². The predicted octanol–water partition coefficient (Wildman–Crippen LogP) is 0.552. The highest BCUT2D eigenvalue weighted by Crippen LogP contribution is 2.05. The SMILES string of the molecule is C[SiH]1OCCCCO[Si](C)(C)[Si]O[Si]O1. The molecule has 0 spiro atoms. The van der Waals surface area contributed by atoms with Crippen molar-refractivity contribution in [3.8, 4) is 0 Å². The molecule has 0 amide bonds. The number of rotatable bonds is 0. The second-order valence-corrected chi connectivity index (χ2v) is 15.0. The van der Waals surface area contributed by atoms with Crippen LogP contribution in [-0.2, 0) is 17.1 Å². The fraction of sp³-hybridized carbons (Fsp3) is 1.00. The van der Waals surface area contributed by atoms with E-state index in [0.29, 0.717) is 9.28 Å². The van der Waals surface area contributed by atoms with Crippen LogP contribution in [0, 0.1) is 0 Å². The van der Waals surface area contributed by atoms with Gasteiger partial charge in [-0.2, -0.15) is 0 Å². The van der Waals surface area contributed by atoms with Crippen molar-refractivity contribution in [1.29, 1.82) is 0 Å². The highest BCUT2D eigenvalue weighted by atomic mass is 29.2. The van der Waals surface area contributed by atoms with Crippen molar-refractivity contribution >= 4 is 36.4 Å². The van der Waals surface area contributed by atoms with Crippen LogP contribution in [0.5, 0.6) is 0 Å². The van der Waals surface area contributed by atoms with Gasteiger partial charge in [0.15, 0.2) is 0 Å². The zero-order chi connectivity index (χ0) is 11.1. The Balaban J connectivity index is 2.31. The van der Waals surface area contributed by atoms with Gasteiger partial charge in [-0.1, -0.05) is 0 Å². The summed E-state index contributed by atoms with van der Waals surface area (Å²) in [5.41, 5.74) is 0. The summed E-state index contributed by atoms with van der Waals surface area (Å²) in [7, 11) is -2.42. The molecule has 0 saturated carbocycles. The van der Waals surface area contributed by atoms with Gasteiger partial charge in [-0.25, -0.2) is 0 Å². The molecular formula is C7H18O4Si4. The zero-order valence-electron chi connectivity index (χ0n) is 9.54. The Morgan fingerprint density at radius 2 is 1.93 bits per heavy atom. The first kappa shape index (κ1) is 13.8. The summed E-state index contributed by atoms with van der Waals surface area (Å²) in [6, 6.07) is 0. The summed E-state index contributed by atoms with van der Waals surface area (Å²) in [6.45, 7) is 8.08. The molecule has 1 unspecified atom stereocenters. The summed E-state index contributed by atoms with van der Waals surface area (Å²) in [4.78, 5) is 0. The molecule has 4 nitrogen and oxygen atoms in total. The summed E-state index contributed by atoms with van der Waals surface area (Å²) >= 11 is 0. The number of hydrogen-bond donors (Lipinski definition) is 0. The standard InChI is InChI=1S/C7H18O4Si4/c1-14-8-6-4-5-7-9-15(2,3)13-10-12-11-14/h14H,4-7H2,1-3H3. The predicted molar refractivity (Wildman–Crippen MR) is 65.3 cm³/mol. The van der Waals surface area contributed by atoms with Crippen molar-refractivity contribution in [2.45, 2.75) is 32.5 Å². The van der Waals surface area contributed by atoms with Gasteiger partial charge in [-0.3, -0.25) is 0 Å². The van der Waals surface area contributed by atoms with Gasteiger partial charge in [0.05, 0.1) is 0 Å². The minimum Gasteiger partial charge on any atom is -0.435 e. The van der Waals surface area contributed by atoms with Gasteiger partial charge in [-0.05, 0) is 32.5 Å². The maximum atomic E-state index is 5.86. The Morgan fingerprint density at radius 3 is 2.73 bits per heavy atom. The lowest BCUT2D eigenvalue weighted by molar-refractivity contribution is 0.236. The van der Waals surface area contributed by atoms with Crippen molar-refractivity contribution in [2.75, 3.05) is 13.2 Å². The monoisotopic (exact) mass is 278 g/mol. The van der Waals surface area contributed by atoms with E-state index in [4.69, 9.17) is 17.1 Å². The minimum absolute atomic E-state index is 0.128. The summed E-state index contributed by atoms with van der Waals surface area (Å²) in [5, 5.41) is 0. The Bertz CT molecular complexity index is 180. The molecule has 0 aromatic rings. The van der Waals surface area contributed by atoms with Crippen molar-refractivity contribution in [1.82, 2.24) is 0 Å². The fourth-order valence-electron chi connectivity index (χ4n) is 1.08. The average Bonchev–Trinajstić information content (AvgIpc) is 2.16. The van der Waals surface area contributed by atoms with E-state index in [1.807, 2.05) is 6.55 Å². The van der Waals surface area contributed by atoms with Crippen molar-refractivity contribution in [3.63, 3.8) is 0 Å². The highest BCUT2D eigenvalue weighted by Gasteiger charge is 2.25. The lowest BCUT2D eigenvalue weighted by Gasteiger charge is -2.22. The normalized spacial score (nSPS) is 30.2. The molecule has 15 heavy (non-hydrogen) atoms. The quantitative estimate of drug-likeness (QED) is 0.607. The van der Waals surface area contributed by atoms with E-state index >= 15 is 0 Å². The molecule has 1 fully saturated rings. The molecule has 0 aromatic carbocycles. The molecule has 0 aliphatic carbocycles. The van der Waals surface area contributed by atoms with E-state index in [1.54, 1.807) is 0 Å². The van der Waals surface area contributed by atoms with E-state index in [0.717, 1.165) is 26.1 Å². The third kappa shape index (κ3) is 6.79. The van der Waals surface area contributed by atoms with E-state index in [1.165, 1.54) is 0 Å². The summed E-state index contributed by atoms with van der Waals surface area (Å²) in [6.07, 6.45) is 2.14. The van der Waals surface area contributed by atoms with Crippen LogP contribution in [0.2, 0.25) is 19.6 Å². The summed E-state index contributed by atoms with van der Waals surface area (Å²) < 4.78 is 22.4. The van der Waals surface area contributed by atoms with E-state index in [2.05, 4.69) is 13.1 Å². The van der Waals surface area contributed by atoms with E-state index in [-0.39, 0.29) is 10.0 Å². The third-order valence-corrected chi connectivity index (χ3v) is 9.31. The lowest BCUT2D eigenvalue weighted by atomic mass is 10.3. The first-order valence-electron chi connectivity index (χ1n) is 5.19. The van der Waals surface area contributed by atoms with Gasteiger partial charge in [-0.15, -0.1) is 0 Å². The van der Waals surface area contributed by atoms with Crippen LogP contribution in [0.4, 0.5) is 0 Å². The van der Waals surface area contributed by atoms with Gasteiger partial charge in [0.25, 0.3) is 0 Å². The van der Waals surface area contributed by atoms with Crippen LogP contribution < -0.4 is 0 Å². The van der Waals surface area contributed by atoms with Crippen molar-refractivity contribution < 1.29 is 17.1 Å². The summed E-state index contributed by atoms with van der Waals surface area (Å²) in [5.74, 6) is 0. The largest absolute Gasteiger partial charge is 0.435 e. The van der Waals surface area contributed by atoms with Crippen LogP contribution in [0.3, 0.4) is 0 Å². The lowest BCUT2D eigenvalue weighted by Crippen LogP contribution is -2.42. The Labute approximate surface area is 99.4 Å². The minimum atomic E-state index is -1.58. The first-order chi connectivity index (χ1) is 7.10. The van der Waals surface area contributed by atoms with Crippen molar-refractivity contribution in [3.05, 3.63) is 0 Å². The Kier molecular flexibility index (Phi) is 6.53. The highest BCUT2D eigenvalue weighted by molar-refractivity contribution is 7.18. The Morgan fingerprint density at radius 1 is 1.20 bits per heavy atom. The molecule has 1 heterocycles. The molecule has 0 aromatic heterocycles. The average molecular weight is 279 g/mol. The van der Waals surface area contributed by atoms with Crippen LogP contribution in [0.15, 0.2) is 0 Å². The molecule has 4 radical (unpaired) electrons. The fourth-order valence-corrected chi connectivity index (χ4v) is 7.95. The zero-order valence-corrected chi connectivity index (χ0v) is 13.7. The smallest absolute Gasteiger partial charge is 0.411 e. The van der Waals surface area contributed by atoms with Gasteiger partial charge in [0.1, 0.15) is 0 Å². The molecule has 0 N–H and O–H groups in total. The molecule has 1 aliphatic rings. The van der Waals surface area contributed by atoms with Crippen LogP contribution in [-0.4, -0.2) is 49.6 Å². The van der Waals surface area contributed by atoms with Gasteiger partial charge >= 0.3 is 19.3 Å². The molecular weight excluding hydrogens is 260 g/mol. The van der Waals surface area contributed by atoms with Gasteiger partial charge < -0.3 is 17.1 Å². The maximum Gasteiger partial charge on any atom is 0.411 e. The molecule has 0 bridgehead atoms. The Hall–Kier alpha value is 0.708. The molecule has 1 atom stereocenters. The molecule has 1 rings (SSSR count). The topological polar surface area (TPSA) is 36.9 Å². The molecule has 1 saturated heterocycles. The van der Waals surface area contributed by atoms with Gasteiger partial charge in [0.2, 0.25) is 17.1 Å². The molecule has 86 valence electrons. The third-order valence-electron chi connectivity index (χ3n) is 1.91. The van der Waals surface area contributed by atoms with Crippen LogP contribution >= 0.6 is 0 Å². The van der Waals surface area contributed by atoms with Crippen LogP contribution in [0.1, 0.15) is 12.8 Å². The van der Waals surface area contributed by atoms with E-state index < -0.39 is 17.1 Å². The number of hydrogen-bond acceptors (Lipinski definition) is 4. The van der Waals surface area contributed by atoms with Gasteiger partial charge in [0, 0.05) is 13.2 Å². The van der Waals surface area contributed by atoms with Crippen LogP contribution in [0.25, 0.3) is 0 Å². The van der Waals surface area contributed by atoms with Crippen molar-refractivity contribution in [2.24, 2.45) is 0 Å².